The van der Waals surface area contributed by atoms with Crippen molar-refractivity contribution in [3.8, 4) is 0 Å². The summed E-state index contributed by atoms with van der Waals surface area (Å²) in [6.45, 7) is 2.04. The van der Waals surface area contributed by atoms with Crippen LogP contribution in [-0.4, -0.2) is 27.4 Å². The van der Waals surface area contributed by atoms with Crippen molar-refractivity contribution < 1.29 is 8.95 Å². The Bertz CT molecular complexity index is 147. The van der Waals surface area contributed by atoms with E-state index in [0.29, 0.717) is 6.10 Å². The molecule has 2 aliphatic rings. The highest BCUT2D eigenvalue weighted by Gasteiger charge is 2.61. The van der Waals surface area contributed by atoms with Gasteiger partial charge in [0.15, 0.2) is 0 Å². The second kappa shape index (κ2) is 1.16. The maximum Gasteiger partial charge on any atom is 0.117 e. The van der Waals surface area contributed by atoms with Gasteiger partial charge < -0.3 is 4.74 Å². The van der Waals surface area contributed by atoms with Crippen molar-refractivity contribution >= 4 is 10.8 Å². The lowest BCUT2D eigenvalue weighted by atomic mass is 10.1. The summed E-state index contributed by atoms with van der Waals surface area (Å²) < 4.78 is 15.7. The van der Waals surface area contributed by atoms with Crippen LogP contribution in [0.15, 0.2) is 0 Å². The molecule has 1 spiro atoms. The lowest BCUT2D eigenvalue weighted by molar-refractivity contribution is 0.322. The van der Waals surface area contributed by atoms with Crippen LogP contribution in [0.4, 0.5) is 0 Å². The van der Waals surface area contributed by atoms with Crippen molar-refractivity contribution in [3.05, 3.63) is 0 Å². The van der Waals surface area contributed by atoms with Crippen LogP contribution in [0.25, 0.3) is 0 Å². The van der Waals surface area contributed by atoms with E-state index in [2.05, 4.69) is 0 Å². The van der Waals surface area contributed by atoms with E-state index < -0.39 is 10.8 Å². The molecule has 0 bridgehead atoms. The van der Waals surface area contributed by atoms with Gasteiger partial charge in [0, 0.05) is 10.8 Å². The Labute approximate surface area is 50.7 Å². The number of hydrogen-bond donors (Lipinski definition) is 0. The summed E-state index contributed by atoms with van der Waals surface area (Å²) in [7, 11) is -0.545. The zero-order chi connectivity index (χ0) is 5.78. The van der Waals surface area contributed by atoms with Crippen LogP contribution in [-0.2, 0) is 15.5 Å². The molecule has 0 aliphatic carbocycles. The van der Waals surface area contributed by atoms with Gasteiger partial charge in [-0.1, -0.05) is 0 Å². The average Bonchev–Trinajstić information content (AvgIpc) is 2.13. The van der Waals surface area contributed by atoms with Gasteiger partial charge in [0.2, 0.25) is 0 Å². The first-order chi connectivity index (χ1) is 3.73. The zero-order valence-corrected chi connectivity index (χ0v) is 5.53. The fourth-order valence-electron chi connectivity index (χ4n) is 1.12. The molecular formula is C5H8O2S. The summed E-state index contributed by atoms with van der Waals surface area (Å²) in [5, 5.41) is 0. The highest BCUT2D eigenvalue weighted by Crippen LogP contribution is 2.43. The van der Waals surface area contributed by atoms with Gasteiger partial charge in [-0.05, 0) is 6.92 Å². The number of hydrogen-bond acceptors (Lipinski definition) is 2. The Kier molecular flexibility index (Phi) is 0.718. The van der Waals surface area contributed by atoms with Crippen molar-refractivity contribution in [2.24, 2.45) is 0 Å². The monoisotopic (exact) mass is 132 g/mol. The standard InChI is InChI=1S/C5H8O2S/c1-4-5(7-4)2-8(6)3-5/h4H,2-3H2,1H3. The minimum atomic E-state index is -0.545. The molecule has 0 aromatic heterocycles. The van der Waals surface area contributed by atoms with Crippen LogP contribution >= 0.6 is 0 Å². The highest BCUT2D eigenvalue weighted by atomic mass is 32.2. The second-order valence-electron chi connectivity index (χ2n) is 2.55. The summed E-state index contributed by atoms with van der Waals surface area (Å²) in [5.74, 6) is 1.57. The van der Waals surface area contributed by atoms with E-state index in [1.807, 2.05) is 6.92 Å². The van der Waals surface area contributed by atoms with Gasteiger partial charge in [-0.3, -0.25) is 4.21 Å². The van der Waals surface area contributed by atoms with E-state index in [1.54, 1.807) is 0 Å². The first-order valence-electron chi connectivity index (χ1n) is 2.76. The normalized spacial score (nSPS) is 60.6. The van der Waals surface area contributed by atoms with Gasteiger partial charge in [-0.2, -0.15) is 0 Å². The molecule has 0 saturated carbocycles. The van der Waals surface area contributed by atoms with Crippen LogP contribution in [0.1, 0.15) is 6.92 Å². The molecule has 0 radical (unpaired) electrons. The fraction of sp³-hybridized carbons (Fsp3) is 1.00. The molecule has 2 saturated heterocycles. The zero-order valence-electron chi connectivity index (χ0n) is 4.72. The largest absolute Gasteiger partial charge is 0.364 e. The van der Waals surface area contributed by atoms with Crippen molar-refractivity contribution in [1.29, 1.82) is 0 Å². The maximum atomic E-state index is 10.5. The molecule has 0 aromatic rings. The van der Waals surface area contributed by atoms with Crippen LogP contribution in [0.2, 0.25) is 0 Å². The van der Waals surface area contributed by atoms with E-state index in [4.69, 9.17) is 4.74 Å². The molecule has 2 nitrogen and oxygen atoms in total. The molecule has 3 heteroatoms. The molecule has 46 valence electrons. The molecule has 1 atom stereocenters. The van der Waals surface area contributed by atoms with Gasteiger partial charge in [0.05, 0.1) is 17.6 Å². The Hall–Kier alpha value is 0.110. The van der Waals surface area contributed by atoms with Gasteiger partial charge in [0.25, 0.3) is 0 Å². The predicted octanol–water partition coefficient (Wildman–Crippen LogP) is -0.0938. The smallest absolute Gasteiger partial charge is 0.117 e. The minimum Gasteiger partial charge on any atom is -0.364 e. The minimum absolute atomic E-state index is 0.102. The molecule has 8 heavy (non-hydrogen) atoms. The van der Waals surface area contributed by atoms with Crippen molar-refractivity contribution in [3.63, 3.8) is 0 Å². The Balaban J connectivity index is 2.05. The van der Waals surface area contributed by atoms with Crippen LogP contribution in [0.5, 0.6) is 0 Å². The molecule has 2 aliphatic heterocycles. The quantitative estimate of drug-likeness (QED) is 0.431. The molecule has 0 amide bonds. The van der Waals surface area contributed by atoms with Gasteiger partial charge in [-0.15, -0.1) is 0 Å². The van der Waals surface area contributed by atoms with Gasteiger partial charge >= 0.3 is 0 Å². The topological polar surface area (TPSA) is 29.6 Å². The van der Waals surface area contributed by atoms with Crippen LogP contribution < -0.4 is 0 Å². The average molecular weight is 132 g/mol. The Morgan fingerprint density at radius 3 is 2.38 bits per heavy atom. The summed E-state index contributed by atoms with van der Waals surface area (Å²) >= 11 is 0. The van der Waals surface area contributed by atoms with Crippen LogP contribution in [0.3, 0.4) is 0 Å². The third-order valence-corrected chi connectivity index (χ3v) is 3.53. The van der Waals surface area contributed by atoms with Crippen molar-refractivity contribution in [2.45, 2.75) is 18.6 Å². The second-order valence-corrected chi connectivity index (χ2v) is 4.01. The molecular weight excluding hydrogens is 124 g/mol. The SMILES string of the molecule is CC1OC12CS(=O)C2. The molecule has 2 rings (SSSR count). The third-order valence-electron chi connectivity index (χ3n) is 1.91. The van der Waals surface area contributed by atoms with E-state index in [9.17, 15) is 4.21 Å². The van der Waals surface area contributed by atoms with Crippen molar-refractivity contribution in [2.75, 3.05) is 11.5 Å². The van der Waals surface area contributed by atoms with Gasteiger partial charge in [-0.25, -0.2) is 0 Å². The first-order valence-corrected chi connectivity index (χ1v) is 4.25. The summed E-state index contributed by atoms with van der Waals surface area (Å²) in [6, 6.07) is 0. The fourth-order valence-corrected chi connectivity index (χ4v) is 2.73. The molecule has 2 heterocycles. The lowest BCUT2D eigenvalue weighted by Gasteiger charge is -2.20. The Morgan fingerprint density at radius 1 is 1.75 bits per heavy atom. The van der Waals surface area contributed by atoms with E-state index >= 15 is 0 Å². The van der Waals surface area contributed by atoms with E-state index in [1.165, 1.54) is 0 Å². The summed E-state index contributed by atoms with van der Waals surface area (Å²) in [5.41, 5.74) is 0.102. The first kappa shape index (κ1) is 4.94. The molecule has 0 N–H and O–H groups in total. The molecule has 1 unspecified atom stereocenters. The van der Waals surface area contributed by atoms with E-state index in [-0.39, 0.29) is 5.60 Å². The van der Waals surface area contributed by atoms with Crippen LogP contribution in [0, 0.1) is 0 Å². The summed E-state index contributed by atoms with van der Waals surface area (Å²) in [6.07, 6.45) is 0.389. The number of epoxide rings is 1. The Morgan fingerprint density at radius 2 is 2.25 bits per heavy atom. The van der Waals surface area contributed by atoms with Gasteiger partial charge in [0.1, 0.15) is 5.60 Å². The number of ether oxygens (including phenoxy) is 1. The number of rotatable bonds is 0. The highest BCUT2D eigenvalue weighted by molar-refractivity contribution is 7.86. The predicted molar refractivity (Wildman–Crippen MR) is 31.2 cm³/mol. The lowest BCUT2D eigenvalue weighted by Crippen LogP contribution is -2.41. The van der Waals surface area contributed by atoms with E-state index in [0.717, 1.165) is 11.5 Å². The maximum absolute atomic E-state index is 10.5. The third kappa shape index (κ3) is 0.437. The molecule has 2 fully saturated rings. The van der Waals surface area contributed by atoms with Crippen molar-refractivity contribution in [1.82, 2.24) is 0 Å². The molecule has 0 aromatic carbocycles. The summed E-state index contributed by atoms with van der Waals surface area (Å²) in [4.78, 5) is 0.